The summed E-state index contributed by atoms with van der Waals surface area (Å²) in [4.78, 5) is 22.6. The number of benzene rings is 1. The second kappa shape index (κ2) is 6.58. The van der Waals surface area contributed by atoms with Gasteiger partial charge in [0.25, 0.3) is 5.91 Å². The average molecular weight is 300 g/mol. The van der Waals surface area contributed by atoms with Gasteiger partial charge in [0.1, 0.15) is 11.7 Å². The topological polar surface area (TPSA) is 84.9 Å². The van der Waals surface area contributed by atoms with Gasteiger partial charge in [-0.2, -0.15) is 0 Å². The highest BCUT2D eigenvalue weighted by atomic mass is 35.5. The normalized spacial score (nSPS) is 21.4. The maximum Gasteiger partial charge on any atom is 0.311 e. The summed E-state index contributed by atoms with van der Waals surface area (Å²) in [5.41, 5.74) is 0. The lowest BCUT2D eigenvalue weighted by atomic mass is 10.0. The smallest absolute Gasteiger partial charge is 0.311 e. The lowest BCUT2D eigenvalue weighted by Gasteiger charge is -2.15. The second-order valence-electron chi connectivity index (χ2n) is 4.40. The molecule has 2 unspecified atom stereocenters. The predicted octanol–water partition coefficient (Wildman–Crippen LogP) is 0.935. The van der Waals surface area contributed by atoms with Crippen molar-refractivity contribution in [1.29, 1.82) is 0 Å². The Hall–Kier alpha value is -1.79. The monoisotopic (exact) mass is 299 g/mol. The molecule has 20 heavy (non-hydrogen) atoms. The first kappa shape index (κ1) is 14.6. The van der Waals surface area contributed by atoms with E-state index in [1.54, 1.807) is 24.3 Å². The van der Waals surface area contributed by atoms with Crippen molar-refractivity contribution in [1.82, 2.24) is 5.32 Å². The van der Waals surface area contributed by atoms with E-state index in [0.717, 1.165) is 0 Å². The van der Waals surface area contributed by atoms with Crippen LogP contribution >= 0.6 is 11.6 Å². The Kier molecular flexibility index (Phi) is 4.81. The highest BCUT2D eigenvalue weighted by molar-refractivity contribution is 6.30. The maximum absolute atomic E-state index is 11.7. The van der Waals surface area contributed by atoms with Crippen LogP contribution in [0, 0.1) is 5.92 Å². The summed E-state index contributed by atoms with van der Waals surface area (Å²) >= 11 is 5.73. The number of nitrogens with one attached hydrogen (secondary N) is 1. The molecule has 1 aliphatic heterocycles. The molecule has 0 saturated carbocycles. The van der Waals surface area contributed by atoms with Gasteiger partial charge in [0, 0.05) is 5.02 Å². The Balaban J connectivity index is 1.80. The molecule has 1 aliphatic rings. The zero-order valence-corrected chi connectivity index (χ0v) is 11.3. The van der Waals surface area contributed by atoms with Crippen molar-refractivity contribution in [3.63, 3.8) is 0 Å². The molecule has 1 fully saturated rings. The van der Waals surface area contributed by atoms with Gasteiger partial charge in [-0.15, -0.1) is 0 Å². The zero-order chi connectivity index (χ0) is 14.5. The van der Waals surface area contributed by atoms with Crippen LogP contribution in [0.25, 0.3) is 0 Å². The molecule has 7 heteroatoms. The summed E-state index contributed by atoms with van der Waals surface area (Å²) in [5.74, 6) is -1.57. The summed E-state index contributed by atoms with van der Waals surface area (Å²) in [7, 11) is 0. The number of hydrogen-bond acceptors (Lipinski definition) is 4. The number of ether oxygens (including phenoxy) is 2. The molecule has 1 heterocycles. The molecule has 2 atom stereocenters. The Morgan fingerprint density at radius 1 is 1.35 bits per heavy atom. The first-order chi connectivity index (χ1) is 9.56. The quantitative estimate of drug-likeness (QED) is 0.845. The molecule has 0 bridgehead atoms. The molecule has 0 radical (unpaired) electrons. The van der Waals surface area contributed by atoms with E-state index in [4.69, 9.17) is 26.2 Å². The van der Waals surface area contributed by atoms with Crippen LogP contribution in [-0.4, -0.2) is 42.8 Å². The van der Waals surface area contributed by atoms with Crippen LogP contribution in [0.15, 0.2) is 24.3 Å². The van der Waals surface area contributed by atoms with Crippen LogP contribution in [0.4, 0.5) is 0 Å². The average Bonchev–Trinajstić information content (AvgIpc) is 2.86. The van der Waals surface area contributed by atoms with Crippen molar-refractivity contribution in [2.24, 2.45) is 5.92 Å². The number of rotatable bonds is 5. The molecular formula is C13H14ClNO5. The van der Waals surface area contributed by atoms with Crippen molar-refractivity contribution in [3.8, 4) is 5.75 Å². The molecular weight excluding hydrogens is 286 g/mol. The summed E-state index contributed by atoms with van der Waals surface area (Å²) in [6.07, 6.45) is 0. The van der Waals surface area contributed by atoms with E-state index in [1.807, 2.05) is 0 Å². The van der Waals surface area contributed by atoms with Crippen molar-refractivity contribution in [2.45, 2.75) is 6.04 Å². The van der Waals surface area contributed by atoms with E-state index >= 15 is 0 Å². The minimum Gasteiger partial charge on any atom is -0.484 e. The number of amides is 1. The number of carboxylic acid groups (broad SMARTS) is 1. The zero-order valence-electron chi connectivity index (χ0n) is 10.5. The lowest BCUT2D eigenvalue weighted by Crippen LogP contribution is -2.44. The fourth-order valence-corrected chi connectivity index (χ4v) is 1.99. The van der Waals surface area contributed by atoms with Crippen molar-refractivity contribution < 1.29 is 24.2 Å². The van der Waals surface area contributed by atoms with Crippen molar-refractivity contribution in [2.75, 3.05) is 19.8 Å². The third kappa shape index (κ3) is 3.85. The third-order valence-electron chi connectivity index (χ3n) is 2.93. The lowest BCUT2D eigenvalue weighted by molar-refractivity contribution is -0.142. The van der Waals surface area contributed by atoms with E-state index in [1.165, 1.54) is 0 Å². The highest BCUT2D eigenvalue weighted by Crippen LogP contribution is 2.16. The molecule has 108 valence electrons. The first-order valence-electron chi connectivity index (χ1n) is 6.04. The number of hydrogen-bond donors (Lipinski definition) is 2. The highest BCUT2D eigenvalue weighted by Gasteiger charge is 2.34. The third-order valence-corrected chi connectivity index (χ3v) is 3.18. The largest absolute Gasteiger partial charge is 0.484 e. The number of aliphatic carboxylic acids is 1. The van der Waals surface area contributed by atoms with Crippen molar-refractivity contribution >= 4 is 23.5 Å². The Labute approximate surface area is 120 Å². The molecule has 2 N–H and O–H groups in total. The number of carbonyl (C=O) groups excluding carboxylic acids is 1. The van der Waals surface area contributed by atoms with E-state index in [2.05, 4.69) is 5.32 Å². The fraction of sp³-hybridized carbons (Fsp3) is 0.385. The summed E-state index contributed by atoms with van der Waals surface area (Å²) < 4.78 is 10.3. The van der Waals surface area contributed by atoms with Crippen LogP contribution < -0.4 is 10.1 Å². The summed E-state index contributed by atoms with van der Waals surface area (Å²) in [5, 5.41) is 12.1. The molecule has 1 aromatic carbocycles. The second-order valence-corrected chi connectivity index (χ2v) is 4.84. The predicted molar refractivity (Wildman–Crippen MR) is 70.8 cm³/mol. The maximum atomic E-state index is 11.7. The molecule has 6 nitrogen and oxygen atoms in total. The molecule has 0 aliphatic carbocycles. The van der Waals surface area contributed by atoms with Crippen LogP contribution in [-0.2, 0) is 14.3 Å². The number of carboxylic acids is 1. The number of halogens is 1. The Morgan fingerprint density at radius 2 is 2.05 bits per heavy atom. The minimum absolute atomic E-state index is 0.109. The van der Waals surface area contributed by atoms with Gasteiger partial charge in [0.2, 0.25) is 0 Å². The first-order valence-corrected chi connectivity index (χ1v) is 6.42. The molecule has 0 spiro atoms. The van der Waals surface area contributed by atoms with Crippen LogP contribution in [0.1, 0.15) is 0 Å². The van der Waals surface area contributed by atoms with Crippen LogP contribution in [0.2, 0.25) is 5.02 Å². The Morgan fingerprint density at radius 3 is 2.70 bits per heavy atom. The van der Waals surface area contributed by atoms with E-state index in [0.29, 0.717) is 10.8 Å². The van der Waals surface area contributed by atoms with Gasteiger partial charge in [-0.05, 0) is 24.3 Å². The summed E-state index contributed by atoms with van der Waals surface area (Å²) in [6, 6.07) is 6.08. The van der Waals surface area contributed by atoms with Gasteiger partial charge in [-0.25, -0.2) is 0 Å². The molecule has 1 saturated heterocycles. The van der Waals surface area contributed by atoms with Gasteiger partial charge in [-0.1, -0.05) is 11.6 Å². The standard InChI is InChI=1S/C13H14ClNO5/c14-8-1-3-9(4-2-8)20-7-12(16)15-11-6-19-5-10(11)13(17)18/h1-4,10-11H,5-7H2,(H,15,16)(H,17,18). The Bertz CT molecular complexity index is 490. The minimum atomic E-state index is -0.980. The summed E-state index contributed by atoms with van der Waals surface area (Å²) in [6.45, 7) is 0.118. The molecule has 0 aromatic heterocycles. The van der Waals surface area contributed by atoms with Crippen LogP contribution in [0.5, 0.6) is 5.75 Å². The van der Waals surface area contributed by atoms with Gasteiger partial charge in [0.15, 0.2) is 6.61 Å². The molecule has 1 amide bonds. The van der Waals surface area contributed by atoms with Gasteiger partial charge < -0.3 is 19.9 Å². The van der Waals surface area contributed by atoms with Gasteiger partial charge in [0.05, 0.1) is 19.3 Å². The molecule has 2 rings (SSSR count). The SMILES string of the molecule is O=C(COc1ccc(Cl)cc1)NC1COCC1C(=O)O. The van der Waals surface area contributed by atoms with Crippen molar-refractivity contribution in [3.05, 3.63) is 29.3 Å². The fourth-order valence-electron chi connectivity index (χ4n) is 1.87. The van der Waals surface area contributed by atoms with E-state index in [9.17, 15) is 9.59 Å². The van der Waals surface area contributed by atoms with Crippen LogP contribution in [0.3, 0.4) is 0 Å². The van der Waals surface area contributed by atoms with Gasteiger partial charge >= 0.3 is 5.97 Å². The number of carbonyl (C=O) groups is 2. The van der Waals surface area contributed by atoms with E-state index in [-0.39, 0.29) is 25.7 Å². The van der Waals surface area contributed by atoms with E-state index < -0.39 is 17.9 Å². The molecule has 1 aromatic rings. The van der Waals surface area contributed by atoms with Gasteiger partial charge in [-0.3, -0.25) is 9.59 Å².